The molecule has 2 fully saturated rings. The van der Waals surface area contributed by atoms with Gasteiger partial charge in [0.2, 0.25) is 0 Å². The first-order chi connectivity index (χ1) is 18.6. The van der Waals surface area contributed by atoms with Gasteiger partial charge in [0.25, 0.3) is 5.91 Å². The average Bonchev–Trinajstić information content (AvgIpc) is 3.28. The Labute approximate surface area is 234 Å². The van der Waals surface area contributed by atoms with Crippen LogP contribution in [-0.2, 0) is 25.8 Å². The van der Waals surface area contributed by atoms with Crippen LogP contribution in [0.15, 0.2) is 59.6 Å². The molecule has 9 nitrogen and oxygen atoms in total. The Morgan fingerprint density at radius 1 is 1.07 bits per heavy atom. The fraction of sp³-hybridized carbons (Fsp3) is 0.423. The van der Waals surface area contributed by atoms with Crippen LogP contribution in [0.25, 0.3) is 0 Å². The second-order valence-corrected chi connectivity index (χ2v) is 13.7. The van der Waals surface area contributed by atoms with E-state index < -0.39 is 56.9 Å². The standard InChI is InChI=1S/C26H28F3N3O6S2/c1-25(2,3)38-24(34)30-19(13-16-7-5-4-6-8-16)22(33)31-23-32(20-14-40(35,36)15-21(20)39-23)17-9-11-18(12-10-17)37-26(27,28)29/h4-12,19-21H,13-15H2,1-3H3,(H,30,34)/t19-,20+,21-/m0/s1. The maximum atomic E-state index is 13.5. The molecule has 3 atom stereocenters. The zero-order valence-corrected chi connectivity index (χ0v) is 23.5. The van der Waals surface area contributed by atoms with Crippen molar-refractivity contribution >= 4 is 44.5 Å². The van der Waals surface area contributed by atoms with E-state index in [1.165, 1.54) is 12.1 Å². The number of amides is 2. The largest absolute Gasteiger partial charge is 0.573 e. The summed E-state index contributed by atoms with van der Waals surface area (Å²) in [4.78, 5) is 31.8. The smallest absolute Gasteiger partial charge is 0.444 e. The molecule has 0 aliphatic carbocycles. The first-order valence-electron chi connectivity index (χ1n) is 12.3. The number of benzene rings is 2. The third kappa shape index (κ3) is 7.90. The molecule has 2 aromatic carbocycles. The molecule has 40 heavy (non-hydrogen) atoms. The predicted molar refractivity (Wildman–Crippen MR) is 145 cm³/mol. The van der Waals surface area contributed by atoms with E-state index in [4.69, 9.17) is 4.74 Å². The SMILES string of the molecule is CC(C)(C)OC(=O)N[C@@H](Cc1ccccc1)C(=O)N=C1S[C@H]2CS(=O)(=O)C[C@H]2N1c1ccc(OC(F)(F)F)cc1. The summed E-state index contributed by atoms with van der Waals surface area (Å²) in [5, 5.41) is 2.33. The third-order valence-electron chi connectivity index (χ3n) is 5.89. The van der Waals surface area contributed by atoms with Crippen LogP contribution in [-0.4, -0.2) is 66.4 Å². The quantitative estimate of drug-likeness (QED) is 0.522. The Morgan fingerprint density at radius 2 is 1.73 bits per heavy atom. The van der Waals surface area contributed by atoms with Crippen molar-refractivity contribution in [2.45, 2.75) is 56.5 Å². The van der Waals surface area contributed by atoms with Crippen LogP contribution in [0.5, 0.6) is 5.75 Å². The molecule has 0 unspecified atom stereocenters. The summed E-state index contributed by atoms with van der Waals surface area (Å²) in [5.74, 6) is -1.48. The van der Waals surface area contributed by atoms with Crippen molar-refractivity contribution in [3.05, 3.63) is 60.2 Å². The van der Waals surface area contributed by atoms with E-state index in [0.29, 0.717) is 5.69 Å². The Bertz CT molecular complexity index is 1380. The second kappa shape index (κ2) is 11.3. The molecule has 2 amide bonds. The van der Waals surface area contributed by atoms with Crippen LogP contribution in [0.3, 0.4) is 0 Å². The van der Waals surface area contributed by atoms with Crippen molar-refractivity contribution in [2.24, 2.45) is 4.99 Å². The summed E-state index contributed by atoms with van der Waals surface area (Å²) in [5.41, 5.74) is 0.299. The van der Waals surface area contributed by atoms with Gasteiger partial charge < -0.3 is 19.7 Å². The minimum Gasteiger partial charge on any atom is -0.444 e. The van der Waals surface area contributed by atoms with Crippen molar-refractivity contribution in [3.8, 4) is 5.75 Å². The number of anilines is 1. The Hall–Kier alpha value is -3.26. The number of nitrogens with one attached hydrogen (secondary N) is 1. The molecule has 1 N–H and O–H groups in total. The number of amidine groups is 1. The minimum atomic E-state index is -4.87. The summed E-state index contributed by atoms with van der Waals surface area (Å²) in [6.45, 7) is 5.06. The van der Waals surface area contributed by atoms with Crippen molar-refractivity contribution in [2.75, 3.05) is 16.4 Å². The normalized spacial score (nSPS) is 22.1. The number of alkyl halides is 3. The molecule has 2 aliphatic rings. The van der Waals surface area contributed by atoms with Crippen LogP contribution in [0.2, 0.25) is 0 Å². The van der Waals surface area contributed by atoms with Gasteiger partial charge in [0.05, 0.1) is 17.5 Å². The van der Waals surface area contributed by atoms with E-state index in [1.54, 1.807) is 49.9 Å². The van der Waals surface area contributed by atoms with Gasteiger partial charge >= 0.3 is 12.5 Å². The summed E-state index contributed by atoms with van der Waals surface area (Å²) in [7, 11) is -3.37. The van der Waals surface area contributed by atoms with Crippen molar-refractivity contribution < 1.29 is 40.7 Å². The lowest BCUT2D eigenvalue weighted by atomic mass is 10.1. The molecular weight excluding hydrogens is 571 g/mol. The van der Waals surface area contributed by atoms with Gasteiger partial charge in [0, 0.05) is 17.4 Å². The highest BCUT2D eigenvalue weighted by molar-refractivity contribution is 8.16. The lowest BCUT2D eigenvalue weighted by molar-refractivity contribution is -0.274. The van der Waals surface area contributed by atoms with E-state index in [1.807, 2.05) is 6.07 Å². The number of alkyl carbamates (subject to hydrolysis) is 1. The number of aliphatic imine (C=N–C) groups is 1. The van der Waals surface area contributed by atoms with Crippen molar-refractivity contribution in [1.29, 1.82) is 0 Å². The van der Waals surface area contributed by atoms with Crippen LogP contribution < -0.4 is 15.0 Å². The monoisotopic (exact) mass is 599 g/mol. The number of rotatable bonds is 6. The van der Waals surface area contributed by atoms with E-state index >= 15 is 0 Å². The molecule has 14 heteroatoms. The Kier molecular flexibility index (Phi) is 8.41. The van der Waals surface area contributed by atoms with E-state index in [-0.39, 0.29) is 23.1 Å². The van der Waals surface area contributed by atoms with Gasteiger partial charge in [-0.05, 0) is 50.6 Å². The topological polar surface area (TPSA) is 114 Å². The van der Waals surface area contributed by atoms with Crippen LogP contribution in [0.4, 0.5) is 23.7 Å². The van der Waals surface area contributed by atoms with Gasteiger partial charge in [-0.2, -0.15) is 4.99 Å². The summed E-state index contributed by atoms with van der Waals surface area (Å²) in [6, 6.07) is 12.2. The molecule has 0 saturated carbocycles. The molecule has 0 spiro atoms. The summed E-state index contributed by atoms with van der Waals surface area (Å²) < 4.78 is 71.8. The molecule has 0 aromatic heterocycles. The summed E-state index contributed by atoms with van der Waals surface area (Å²) in [6.07, 6.45) is -5.56. The Morgan fingerprint density at radius 3 is 2.33 bits per heavy atom. The van der Waals surface area contributed by atoms with Crippen molar-refractivity contribution in [3.63, 3.8) is 0 Å². The zero-order chi connectivity index (χ0) is 29.3. The molecule has 2 aromatic rings. The maximum absolute atomic E-state index is 13.5. The first-order valence-corrected chi connectivity index (χ1v) is 15.0. The number of hydrogen-bond donors (Lipinski definition) is 1. The van der Waals surface area contributed by atoms with Crippen LogP contribution in [0, 0.1) is 0 Å². The van der Waals surface area contributed by atoms with E-state index in [9.17, 15) is 31.2 Å². The molecular formula is C26H28F3N3O6S2. The number of halogens is 3. The zero-order valence-electron chi connectivity index (χ0n) is 21.8. The number of carbonyl (C=O) groups is 2. The molecule has 4 rings (SSSR count). The van der Waals surface area contributed by atoms with Crippen molar-refractivity contribution in [1.82, 2.24) is 5.32 Å². The lowest BCUT2D eigenvalue weighted by Gasteiger charge is -2.25. The number of fused-ring (bicyclic) bond motifs is 1. The van der Waals surface area contributed by atoms with Gasteiger partial charge in [-0.25, -0.2) is 13.2 Å². The molecule has 2 saturated heterocycles. The van der Waals surface area contributed by atoms with E-state index in [2.05, 4.69) is 15.0 Å². The molecule has 2 heterocycles. The number of carbonyl (C=O) groups excluding carboxylic acids is 2. The minimum absolute atomic E-state index is 0.116. The number of ether oxygens (including phenoxy) is 2. The Balaban J connectivity index is 1.64. The predicted octanol–water partition coefficient (Wildman–Crippen LogP) is 4.32. The third-order valence-corrected chi connectivity index (χ3v) is 9.10. The molecule has 0 bridgehead atoms. The van der Waals surface area contributed by atoms with Crippen LogP contribution >= 0.6 is 11.8 Å². The molecule has 0 radical (unpaired) electrons. The molecule has 2 aliphatic heterocycles. The summed E-state index contributed by atoms with van der Waals surface area (Å²) >= 11 is 1.10. The number of sulfone groups is 1. The van der Waals surface area contributed by atoms with Gasteiger partial charge in [-0.15, -0.1) is 13.2 Å². The second-order valence-electron chi connectivity index (χ2n) is 10.3. The fourth-order valence-electron chi connectivity index (χ4n) is 4.35. The highest BCUT2D eigenvalue weighted by atomic mass is 32.2. The fourth-order valence-corrected chi connectivity index (χ4v) is 8.27. The van der Waals surface area contributed by atoms with Gasteiger partial charge in [-0.3, -0.25) is 4.79 Å². The van der Waals surface area contributed by atoms with Gasteiger partial charge in [0.15, 0.2) is 15.0 Å². The van der Waals surface area contributed by atoms with E-state index in [0.717, 1.165) is 29.5 Å². The van der Waals surface area contributed by atoms with Gasteiger partial charge in [0.1, 0.15) is 17.4 Å². The lowest BCUT2D eigenvalue weighted by Crippen LogP contribution is -2.45. The number of nitrogens with zero attached hydrogens (tertiary/aromatic N) is 2. The number of thioether (sulfide) groups is 1. The maximum Gasteiger partial charge on any atom is 0.573 e. The molecule has 216 valence electrons. The first kappa shape index (κ1) is 29.7. The van der Waals surface area contributed by atoms with Crippen LogP contribution in [0.1, 0.15) is 26.3 Å². The highest BCUT2D eigenvalue weighted by Gasteiger charge is 2.49. The average molecular weight is 600 g/mol. The van der Waals surface area contributed by atoms with Gasteiger partial charge in [-0.1, -0.05) is 42.1 Å². The number of hydrogen-bond acceptors (Lipinski definition) is 7. The highest BCUT2D eigenvalue weighted by Crippen LogP contribution is 2.41.